The topological polar surface area (TPSA) is 21.3 Å². The molecule has 1 aromatic carbocycles. The summed E-state index contributed by atoms with van der Waals surface area (Å²) in [6, 6.07) is 9.01. The summed E-state index contributed by atoms with van der Waals surface area (Å²) in [6.45, 7) is 3.20. The number of ether oxygens (including phenoxy) is 1. The van der Waals surface area contributed by atoms with Crippen molar-refractivity contribution in [1.29, 1.82) is 0 Å². The molecule has 0 bridgehead atoms. The summed E-state index contributed by atoms with van der Waals surface area (Å²) in [5, 5.41) is 4.54. The smallest absolute Gasteiger partial charge is 0.119 e. The monoisotopic (exact) mass is 265 g/mol. The standard InChI is InChI=1S/C15H23NOS/c1-3-18-15-8-7-13(10-15)16-11-12-5-4-6-14(9-12)17-2/h4-6,9,13,15-16H,3,7-8,10-11H2,1-2H3. The Morgan fingerprint density at radius 1 is 1.39 bits per heavy atom. The molecule has 0 heterocycles. The van der Waals surface area contributed by atoms with Gasteiger partial charge in [-0.3, -0.25) is 0 Å². The second-order valence-electron chi connectivity index (χ2n) is 4.82. The van der Waals surface area contributed by atoms with Crippen molar-refractivity contribution >= 4 is 11.8 Å². The van der Waals surface area contributed by atoms with E-state index in [0.717, 1.165) is 17.5 Å². The molecule has 0 radical (unpaired) electrons. The van der Waals surface area contributed by atoms with Gasteiger partial charge >= 0.3 is 0 Å². The van der Waals surface area contributed by atoms with Crippen molar-refractivity contribution in [2.24, 2.45) is 0 Å². The molecule has 2 nitrogen and oxygen atoms in total. The van der Waals surface area contributed by atoms with E-state index in [2.05, 4.69) is 42.2 Å². The summed E-state index contributed by atoms with van der Waals surface area (Å²) >= 11 is 2.11. The SMILES string of the molecule is CCSC1CCC(NCc2cccc(OC)c2)C1. The maximum atomic E-state index is 5.24. The van der Waals surface area contributed by atoms with Crippen LogP contribution in [0, 0.1) is 0 Å². The largest absolute Gasteiger partial charge is 0.497 e. The first-order valence-corrected chi connectivity index (χ1v) is 7.84. The minimum Gasteiger partial charge on any atom is -0.497 e. The highest BCUT2D eigenvalue weighted by molar-refractivity contribution is 7.99. The fraction of sp³-hybridized carbons (Fsp3) is 0.600. The van der Waals surface area contributed by atoms with Gasteiger partial charge in [0.1, 0.15) is 5.75 Å². The van der Waals surface area contributed by atoms with E-state index in [0.29, 0.717) is 6.04 Å². The van der Waals surface area contributed by atoms with Crippen LogP contribution in [0.25, 0.3) is 0 Å². The lowest BCUT2D eigenvalue weighted by Gasteiger charge is -2.13. The number of thioether (sulfide) groups is 1. The van der Waals surface area contributed by atoms with Crippen LogP contribution < -0.4 is 10.1 Å². The molecule has 1 aromatic rings. The molecule has 0 aromatic heterocycles. The molecule has 1 N–H and O–H groups in total. The minimum atomic E-state index is 0.695. The number of hydrogen-bond acceptors (Lipinski definition) is 3. The molecular formula is C15H23NOS. The molecule has 0 saturated heterocycles. The van der Waals surface area contributed by atoms with E-state index >= 15 is 0 Å². The second kappa shape index (κ2) is 7.05. The third kappa shape index (κ3) is 3.92. The Labute approximate surface area is 114 Å². The molecule has 2 atom stereocenters. The van der Waals surface area contributed by atoms with Gasteiger partial charge in [-0.25, -0.2) is 0 Å². The number of hydrogen-bond donors (Lipinski definition) is 1. The van der Waals surface area contributed by atoms with E-state index in [4.69, 9.17) is 4.74 Å². The second-order valence-corrected chi connectivity index (χ2v) is 6.40. The van der Waals surface area contributed by atoms with E-state index in [1.807, 2.05) is 6.07 Å². The summed E-state index contributed by atoms with van der Waals surface area (Å²) in [7, 11) is 1.72. The van der Waals surface area contributed by atoms with E-state index in [1.54, 1.807) is 7.11 Å². The zero-order valence-corrected chi connectivity index (χ0v) is 12.1. The highest BCUT2D eigenvalue weighted by atomic mass is 32.2. The Bertz CT molecular complexity index is 369. The van der Waals surface area contributed by atoms with Gasteiger partial charge in [0.2, 0.25) is 0 Å². The maximum Gasteiger partial charge on any atom is 0.119 e. The van der Waals surface area contributed by atoms with E-state index in [-0.39, 0.29) is 0 Å². The lowest BCUT2D eigenvalue weighted by atomic mass is 10.2. The molecule has 1 fully saturated rings. The van der Waals surface area contributed by atoms with Gasteiger partial charge in [0.05, 0.1) is 7.11 Å². The van der Waals surface area contributed by atoms with Crippen LogP contribution in [0.1, 0.15) is 31.7 Å². The quantitative estimate of drug-likeness (QED) is 0.851. The third-order valence-electron chi connectivity index (χ3n) is 3.52. The van der Waals surface area contributed by atoms with E-state index in [9.17, 15) is 0 Å². The Balaban J connectivity index is 1.78. The Morgan fingerprint density at radius 3 is 3.06 bits per heavy atom. The number of nitrogens with one attached hydrogen (secondary N) is 1. The molecule has 100 valence electrons. The molecule has 0 spiro atoms. The number of methoxy groups -OCH3 is 1. The summed E-state index contributed by atoms with van der Waals surface area (Å²) in [5.41, 5.74) is 1.31. The Kier molecular flexibility index (Phi) is 5.39. The summed E-state index contributed by atoms with van der Waals surface area (Å²) in [6.07, 6.45) is 4.01. The van der Waals surface area contributed by atoms with Crippen molar-refractivity contribution in [2.45, 2.75) is 44.0 Å². The summed E-state index contributed by atoms with van der Waals surface area (Å²) in [5.74, 6) is 2.19. The van der Waals surface area contributed by atoms with Crippen LogP contribution in [0.15, 0.2) is 24.3 Å². The van der Waals surface area contributed by atoms with Crippen LogP contribution in [0.4, 0.5) is 0 Å². The first-order valence-electron chi connectivity index (χ1n) is 6.79. The van der Waals surface area contributed by atoms with Crippen molar-refractivity contribution in [2.75, 3.05) is 12.9 Å². The van der Waals surface area contributed by atoms with Crippen LogP contribution in [-0.2, 0) is 6.54 Å². The predicted octanol–water partition coefficient (Wildman–Crippen LogP) is 3.46. The highest BCUT2D eigenvalue weighted by Gasteiger charge is 2.23. The average molecular weight is 265 g/mol. The van der Waals surface area contributed by atoms with Gasteiger partial charge in [-0.15, -0.1) is 0 Å². The summed E-state index contributed by atoms with van der Waals surface area (Å²) in [4.78, 5) is 0. The van der Waals surface area contributed by atoms with Crippen LogP contribution in [0.5, 0.6) is 5.75 Å². The molecule has 1 saturated carbocycles. The van der Waals surface area contributed by atoms with Crippen molar-refractivity contribution in [3.8, 4) is 5.75 Å². The molecule has 2 unspecified atom stereocenters. The molecule has 1 aliphatic rings. The Hall–Kier alpha value is -0.670. The predicted molar refractivity (Wildman–Crippen MR) is 79.4 cm³/mol. The fourth-order valence-corrected chi connectivity index (χ4v) is 3.70. The highest BCUT2D eigenvalue weighted by Crippen LogP contribution is 2.29. The van der Waals surface area contributed by atoms with Crippen molar-refractivity contribution < 1.29 is 4.74 Å². The Morgan fingerprint density at radius 2 is 2.28 bits per heavy atom. The normalized spacial score (nSPS) is 23.2. The van der Waals surface area contributed by atoms with Gasteiger partial charge in [0, 0.05) is 17.8 Å². The van der Waals surface area contributed by atoms with E-state index in [1.165, 1.54) is 30.6 Å². The van der Waals surface area contributed by atoms with Gasteiger partial charge in [-0.05, 0) is 42.7 Å². The van der Waals surface area contributed by atoms with Crippen LogP contribution in [0.2, 0.25) is 0 Å². The minimum absolute atomic E-state index is 0.695. The average Bonchev–Trinajstić information content (AvgIpc) is 2.85. The van der Waals surface area contributed by atoms with Gasteiger partial charge in [-0.2, -0.15) is 11.8 Å². The van der Waals surface area contributed by atoms with Gasteiger partial charge in [0.25, 0.3) is 0 Å². The lowest BCUT2D eigenvalue weighted by Crippen LogP contribution is -2.26. The van der Waals surface area contributed by atoms with Crippen molar-refractivity contribution in [3.63, 3.8) is 0 Å². The van der Waals surface area contributed by atoms with Crippen molar-refractivity contribution in [3.05, 3.63) is 29.8 Å². The van der Waals surface area contributed by atoms with E-state index < -0.39 is 0 Å². The van der Waals surface area contributed by atoms with Gasteiger partial charge in [0.15, 0.2) is 0 Å². The molecule has 3 heteroatoms. The molecule has 1 aliphatic carbocycles. The molecule has 0 aliphatic heterocycles. The van der Waals surface area contributed by atoms with Crippen molar-refractivity contribution in [1.82, 2.24) is 5.32 Å². The zero-order valence-electron chi connectivity index (χ0n) is 11.3. The third-order valence-corrected chi connectivity index (χ3v) is 4.75. The van der Waals surface area contributed by atoms with Crippen LogP contribution in [0.3, 0.4) is 0 Å². The summed E-state index contributed by atoms with van der Waals surface area (Å²) < 4.78 is 5.24. The maximum absolute atomic E-state index is 5.24. The number of rotatable bonds is 6. The first-order chi connectivity index (χ1) is 8.81. The molecule has 0 amide bonds. The number of benzene rings is 1. The fourth-order valence-electron chi connectivity index (χ4n) is 2.56. The zero-order chi connectivity index (χ0) is 12.8. The van der Waals surface area contributed by atoms with Crippen LogP contribution >= 0.6 is 11.8 Å². The lowest BCUT2D eigenvalue weighted by molar-refractivity contribution is 0.413. The van der Waals surface area contributed by atoms with Gasteiger partial charge < -0.3 is 10.1 Å². The molecular weight excluding hydrogens is 242 g/mol. The molecule has 2 rings (SSSR count). The molecule has 18 heavy (non-hydrogen) atoms. The van der Waals surface area contributed by atoms with Crippen LogP contribution in [-0.4, -0.2) is 24.2 Å². The van der Waals surface area contributed by atoms with Gasteiger partial charge in [-0.1, -0.05) is 19.1 Å². The first kappa shape index (κ1) is 13.8.